The van der Waals surface area contributed by atoms with E-state index in [2.05, 4.69) is 5.32 Å². The number of fused-ring (bicyclic) bond motifs is 2. The van der Waals surface area contributed by atoms with Crippen LogP contribution in [0.15, 0.2) is 46.2 Å². The topological polar surface area (TPSA) is 104 Å². The molecule has 0 aliphatic carbocycles. The van der Waals surface area contributed by atoms with Crippen molar-refractivity contribution in [3.05, 3.63) is 46.4 Å². The zero-order valence-electron chi connectivity index (χ0n) is 18.7. The number of amides is 2. The number of carbonyl (C=O) groups excluding carboxylic acids is 3. The number of nitrogens with one attached hydrogen (secondary N) is 1. The zero-order valence-corrected chi connectivity index (χ0v) is 23.2. The molecule has 0 bridgehead atoms. The number of alkyl halides is 4. The molecule has 1 aliphatic rings. The number of Topliss-reactive ketones (excluding diaryl/α,β-unsaturated/α-hetero) is 1. The van der Waals surface area contributed by atoms with Crippen LogP contribution in [0.5, 0.6) is 0 Å². The number of nitrogens with zero attached hydrogens (tertiary/aromatic N) is 1. The Labute approximate surface area is 223 Å². The van der Waals surface area contributed by atoms with Gasteiger partial charge in [0.05, 0.1) is 0 Å². The zero-order chi connectivity index (χ0) is 25.9. The van der Waals surface area contributed by atoms with E-state index in [1.807, 2.05) is 22.0 Å². The Hall–Kier alpha value is -1.89. The number of carboxylic acids is 1. The van der Waals surface area contributed by atoms with Crippen molar-refractivity contribution < 1.29 is 28.7 Å². The standard InChI is InChI=1S/C23H22Cl2FIN2O5S/c1-27(2)13(23(34)28-14(10-20(32)33)17(30)11-26)9-19(31)29-15-5-3-4-6-18(15)35-22-16(29)8-7-12(24)21(22)25/h3-8,13-14H,9-11H2,1-2H3,(H,28,34)(H,32,33)/t13-,14?/m1/s1. The average molecular weight is 655 g/mol. The van der Waals surface area contributed by atoms with Crippen LogP contribution in [0.2, 0.25) is 10.0 Å². The van der Waals surface area contributed by atoms with Crippen molar-refractivity contribution in [2.24, 2.45) is 0 Å². The number of hydrogen-bond donors (Lipinski definition) is 2. The van der Waals surface area contributed by atoms with E-state index in [0.717, 1.165) is 4.90 Å². The summed E-state index contributed by atoms with van der Waals surface area (Å²) in [5.74, 6) is -3.37. The maximum absolute atomic E-state index is 13.7. The number of carbonyl (C=O) groups is 4. The Balaban J connectivity index is 1.92. The van der Waals surface area contributed by atoms with Crippen LogP contribution in [0.25, 0.3) is 0 Å². The summed E-state index contributed by atoms with van der Waals surface area (Å²) in [4.78, 5) is 56.3. The van der Waals surface area contributed by atoms with E-state index in [0.29, 0.717) is 26.3 Å². The first kappa shape index (κ1) is 27.7. The van der Waals surface area contributed by atoms with Gasteiger partial charge < -0.3 is 0 Å². The fourth-order valence-corrected chi connectivity index (χ4v) is 7.65. The molecule has 2 N–H and O–H groups in total. The minimum atomic E-state index is -2.04. The third-order valence-electron chi connectivity index (χ3n) is 5.22. The number of hydrogen-bond acceptors (Lipinski definition) is 5. The third-order valence-corrected chi connectivity index (χ3v) is 11.3. The van der Waals surface area contributed by atoms with Crippen LogP contribution >= 0.6 is 54.8 Å². The van der Waals surface area contributed by atoms with Crippen molar-refractivity contribution >= 4 is 89.7 Å². The summed E-state index contributed by atoms with van der Waals surface area (Å²) in [6.07, 6.45) is -0.911. The Morgan fingerprint density at radius 3 is 2.40 bits per heavy atom. The SMILES string of the molecule is CI(C)[C@H](CC(=O)N1c2ccccc2Sc2c1ccc(Cl)c2Cl)C(=O)NC(CC(=O)O)C(=O)CF. The summed E-state index contributed by atoms with van der Waals surface area (Å²) in [5, 5.41) is 12.1. The molecule has 1 aliphatic heterocycles. The molecule has 2 aromatic rings. The predicted molar refractivity (Wildman–Crippen MR) is 144 cm³/mol. The second kappa shape index (κ2) is 11.9. The van der Waals surface area contributed by atoms with E-state index in [1.54, 1.807) is 24.3 Å². The van der Waals surface area contributed by atoms with Gasteiger partial charge in [0.2, 0.25) is 0 Å². The Bertz CT molecular complexity index is 1180. The molecule has 0 spiro atoms. The molecule has 0 saturated carbocycles. The summed E-state index contributed by atoms with van der Waals surface area (Å²) in [6.45, 7) is -1.40. The number of carboxylic acid groups (broad SMARTS) is 1. The van der Waals surface area contributed by atoms with Crippen molar-refractivity contribution in [1.82, 2.24) is 5.32 Å². The number of para-hydroxylation sites is 1. The molecule has 7 nitrogen and oxygen atoms in total. The Morgan fingerprint density at radius 2 is 1.77 bits per heavy atom. The van der Waals surface area contributed by atoms with Gasteiger partial charge in [-0.1, -0.05) is 0 Å². The molecule has 3 rings (SSSR count). The first-order chi connectivity index (χ1) is 16.5. The maximum atomic E-state index is 13.7. The second-order valence-electron chi connectivity index (χ2n) is 7.75. The molecule has 0 saturated heterocycles. The summed E-state index contributed by atoms with van der Waals surface area (Å²) >= 11 is 12.0. The van der Waals surface area contributed by atoms with Crippen LogP contribution in [-0.2, 0) is 19.2 Å². The molecule has 1 heterocycles. The molecular formula is C23H22Cl2FIN2O5S. The van der Waals surface area contributed by atoms with Crippen molar-refractivity contribution in [3.8, 4) is 0 Å². The van der Waals surface area contributed by atoms with Crippen LogP contribution in [-0.4, -0.2) is 55.2 Å². The number of anilines is 2. The number of ketones is 1. The predicted octanol–water partition coefficient (Wildman–Crippen LogP) is 5.15. The van der Waals surface area contributed by atoms with E-state index in [1.165, 1.54) is 16.7 Å². The second-order valence-corrected chi connectivity index (χ2v) is 15.7. The summed E-state index contributed by atoms with van der Waals surface area (Å²) in [6, 6.07) is 9.06. The summed E-state index contributed by atoms with van der Waals surface area (Å²) < 4.78 is 12.2. The third kappa shape index (κ3) is 6.28. The van der Waals surface area contributed by atoms with E-state index in [4.69, 9.17) is 28.3 Å². The fraction of sp³-hybridized carbons (Fsp3) is 0.304. The summed E-state index contributed by atoms with van der Waals surface area (Å²) in [5.41, 5.74) is 1.17. The fourth-order valence-electron chi connectivity index (χ4n) is 3.50. The van der Waals surface area contributed by atoms with Gasteiger partial charge in [-0.3, -0.25) is 0 Å². The molecule has 188 valence electrons. The van der Waals surface area contributed by atoms with E-state index >= 15 is 0 Å². The van der Waals surface area contributed by atoms with Gasteiger partial charge in [-0.2, -0.15) is 0 Å². The first-order valence-corrected chi connectivity index (χ1v) is 17.4. The molecule has 2 amide bonds. The first-order valence-electron chi connectivity index (χ1n) is 10.2. The van der Waals surface area contributed by atoms with E-state index < -0.39 is 60.5 Å². The summed E-state index contributed by atoms with van der Waals surface area (Å²) in [7, 11) is 0. The van der Waals surface area contributed by atoms with Gasteiger partial charge in [-0.25, -0.2) is 0 Å². The van der Waals surface area contributed by atoms with Gasteiger partial charge in [0.25, 0.3) is 0 Å². The van der Waals surface area contributed by atoms with Crippen molar-refractivity contribution in [1.29, 1.82) is 0 Å². The van der Waals surface area contributed by atoms with Crippen molar-refractivity contribution in [3.63, 3.8) is 0 Å². The van der Waals surface area contributed by atoms with Crippen LogP contribution in [0.1, 0.15) is 12.8 Å². The minimum absolute atomic E-state index is 0.175. The van der Waals surface area contributed by atoms with Gasteiger partial charge in [-0.15, -0.1) is 0 Å². The molecule has 0 aromatic heterocycles. The van der Waals surface area contributed by atoms with Crippen molar-refractivity contribution in [2.75, 3.05) is 21.4 Å². The molecule has 2 atom stereocenters. The number of rotatable bonds is 9. The molecular weight excluding hydrogens is 633 g/mol. The van der Waals surface area contributed by atoms with Crippen LogP contribution in [0.4, 0.5) is 15.8 Å². The molecule has 35 heavy (non-hydrogen) atoms. The van der Waals surface area contributed by atoms with Crippen LogP contribution in [0.3, 0.4) is 0 Å². The number of benzene rings is 2. The van der Waals surface area contributed by atoms with Gasteiger partial charge in [0.1, 0.15) is 0 Å². The van der Waals surface area contributed by atoms with Crippen LogP contribution in [0, 0.1) is 0 Å². The Kier molecular flexibility index (Phi) is 9.41. The monoisotopic (exact) mass is 654 g/mol. The van der Waals surface area contributed by atoms with Crippen LogP contribution < -0.4 is 10.2 Å². The van der Waals surface area contributed by atoms with Gasteiger partial charge in [0.15, 0.2) is 0 Å². The quantitative estimate of drug-likeness (QED) is 0.287. The molecule has 12 heteroatoms. The van der Waals surface area contributed by atoms with E-state index in [-0.39, 0.29) is 12.3 Å². The average Bonchev–Trinajstić information content (AvgIpc) is 2.81. The van der Waals surface area contributed by atoms with Gasteiger partial charge in [-0.05, 0) is 0 Å². The molecule has 1 unspecified atom stereocenters. The van der Waals surface area contributed by atoms with Crippen molar-refractivity contribution in [2.45, 2.75) is 32.6 Å². The molecule has 0 radical (unpaired) electrons. The number of aliphatic carboxylic acids is 1. The van der Waals surface area contributed by atoms with Gasteiger partial charge in [0, 0.05) is 0 Å². The molecule has 2 aromatic carbocycles. The van der Waals surface area contributed by atoms with E-state index in [9.17, 15) is 23.6 Å². The van der Waals surface area contributed by atoms with Gasteiger partial charge >= 0.3 is 224 Å². The molecule has 0 fully saturated rings. The normalized spacial score (nSPS) is 14.3. The Morgan fingerprint density at radius 1 is 1.09 bits per heavy atom. The number of halogens is 4.